The topological polar surface area (TPSA) is 33.2 Å². The highest BCUT2D eigenvalue weighted by atomic mass is 32.1. The van der Waals surface area contributed by atoms with E-state index < -0.39 is 0 Å². The van der Waals surface area contributed by atoms with Crippen LogP contribution in [0.15, 0.2) is 60.0 Å². The van der Waals surface area contributed by atoms with Crippen molar-refractivity contribution in [2.24, 2.45) is 0 Å². The first kappa shape index (κ1) is 18.3. The normalized spacial score (nSPS) is 10.9. The predicted molar refractivity (Wildman–Crippen MR) is 103 cm³/mol. The zero-order valence-corrected chi connectivity index (χ0v) is 15.7. The molecule has 1 heterocycles. The van der Waals surface area contributed by atoms with Gasteiger partial charge < -0.3 is 4.90 Å². The molecule has 1 aromatic heterocycles. The number of thiazole rings is 1. The molecule has 0 N–H and O–H groups in total. The summed E-state index contributed by atoms with van der Waals surface area (Å²) in [5.41, 5.74) is 2.56. The number of rotatable bonds is 6. The van der Waals surface area contributed by atoms with Crippen LogP contribution in [0.2, 0.25) is 0 Å². The van der Waals surface area contributed by atoms with E-state index in [1.54, 1.807) is 6.07 Å². The van der Waals surface area contributed by atoms with Crippen molar-refractivity contribution in [2.75, 3.05) is 0 Å². The fourth-order valence-electron chi connectivity index (χ4n) is 2.74. The van der Waals surface area contributed by atoms with Gasteiger partial charge in [0.2, 0.25) is 5.91 Å². The summed E-state index contributed by atoms with van der Waals surface area (Å²) in [6.45, 7) is 4.61. The Morgan fingerprint density at radius 1 is 1.15 bits per heavy atom. The lowest BCUT2D eigenvalue weighted by Crippen LogP contribution is -2.37. The molecule has 0 aliphatic carbocycles. The fourth-order valence-corrected chi connectivity index (χ4v) is 3.55. The van der Waals surface area contributed by atoms with Crippen molar-refractivity contribution in [3.8, 4) is 10.6 Å². The van der Waals surface area contributed by atoms with Gasteiger partial charge in [0.1, 0.15) is 10.8 Å². The van der Waals surface area contributed by atoms with Gasteiger partial charge in [0.15, 0.2) is 0 Å². The maximum atomic E-state index is 13.4. The zero-order valence-electron chi connectivity index (χ0n) is 14.9. The second-order valence-corrected chi connectivity index (χ2v) is 7.29. The number of hydrogen-bond acceptors (Lipinski definition) is 3. The molecule has 3 nitrogen and oxygen atoms in total. The van der Waals surface area contributed by atoms with Gasteiger partial charge >= 0.3 is 0 Å². The van der Waals surface area contributed by atoms with Crippen molar-refractivity contribution in [1.82, 2.24) is 9.88 Å². The summed E-state index contributed by atoms with van der Waals surface area (Å²) in [6.07, 6.45) is 0.247. The van der Waals surface area contributed by atoms with Gasteiger partial charge in [-0.2, -0.15) is 0 Å². The van der Waals surface area contributed by atoms with Crippen molar-refractivity contribution in [3.63, 3.8) is 0 Å². The highest BCUT2D eigenvalue weighted by Crippen LogP contribution is 2.25. The molecule has 0 fully saturated rings. The highest BCUT2D eigenvalue weighted by molar-refractivity contribution is 7.13. The minimum absolute atomic E-state index is 0.0416. The van der Waals surface area contributed by atoms with Crippen LogP contribution in [-0.2, 0) is 17.8 Å². The van der Waals surface area contributed by atoms with Crippen LogP contribution < -0.4 is 0 Å². The number of hydrogen-bond donors (Lipinski definition) is 0. The van der Waals surface area contributed by atoms with Crippen molar-refractivity contribution in [2.45, 2.75) is 32.9 Å². The molecule has 3 aromatic rings. The third kappa shape index (κ3) is 4.55. The van der Waals surface area contributed by atoms with Crippen molar-refractivity contribution >= 4 is 17.2 Å². The fraction of sp³-hybridized carbons (Fsp3) is 0.238. The molecule has 2 aromatic carbocycles. The SMILES string of the molecule is CC(C)N(Cc1ccccc1)C(=O)Cc1csc(-c2cccc(F)c2)n1. The van der Waals surface area contributed by atoms with Crippen LogP contribution in [0.5, 0.6) is 0 Å². The number of nitrogens with zero attached hydrogens (tertiary/aromatic N) is 2. The Kier molecular flexibility index (Phi) is 5.78. The summed E-state index contributed by atoms with van der Waals surface area (Å²) in [5, 5.41) is 2.60. The highest BCUT2D eigenvalue weighted by Gasteiger charge is 2.19. The van der Waals surface area contributed by atoms with E-state index in [1.165, 1.54) is 23.5 Å². The molecule has 0 unspecified atom stereocenters. The molecule has 0 bridgehead atoms. The summed E-state index contributed by atoms with van der Waals surface area (Å²) in [7, 11) is 0. The molecule has 0 aliphatic rings. The Hall–Kier alpha value is -2.53. The van der Waals surface area contributed by atoms with Gasteiger partial charge in [0.25, 0.3) is 0 Å². The molecule has 1 amide bonds. The molecular weight excluding hydrogens is 347 g/mol. The summed E-state index contributed by atoms with van der Waals surface area (Å²) in [6, 6.07) is 16.4. The average molecular weight is 368 g/mol. The summed E-state index contributed by atoms with van der Waals surface area (Å²) >= 11 is 1.43. The van der Waals surface area contributed by atoms with E-state index in [2.05, 4.69) is 4.98 Å². The van der Waals surface area contributed by atoms with Gasteiger partial charge in [-0.25, -0.2) is 9.37 Å². The van der Waals surface area contributed by atoms with Crippen molar-refractivity contribution in [1.29, 1.82) is 0 Å². The largest absolute Gasteiger partial charge is 0.336 e. The lowest BCUT2D eigenvalue weighted by molar-refractivity contribution is -0.132. The summed E-state index contributed by atoms with van der Waals surface area (Å²) < 4.78 is 13.4. The van der Waals surface area contributed by atoms with Gasteiger partial charge in [0, 0.05) is 23.5 Å². The van der Waals surface area contributed by atoms with Crippen LogP contribution in [0, 0.1) is 5.82 Å². The van der Waals surface area contributed by atoms with Crippen LogP contribution in [0.3, 0.4) is 0 Å². The monoisotopic (exact) mass is 368 g/mol. The van der Waals surface area contributed by atoms with Crippen LogP contribution in [0.1, 0.15) is 25.1 Å². The van der Waals surface area contributed by atoms with Crippen LogP contribution in [0.25, 0.3) is 10.6 Å². The van der Waals surface area contributed by atoms with Gasteiger partial charge in [-0.3, -0.25) is 4.79 Å². The molecule has 0 saturated heterocycles. The summed E-state index contributed by atoms with van der Waals surface area (Å²) in [4.78, 5) is 19.2. The molecule has 26 heavy (non-hydrogen) atoms. The number of carbonyl (C=O) groups excluding carboxylic acids is 1. The van der Waals surface area contributed by atoms with E-state index in [-0.39, 0.29) is 24.2 Å². The van der Waals surface area contributed by atoms with Crippen molar-refractivity contribution in [3.05, 3.63) is 77.1 Å². The lowest BCUT2D eigenvalue weighted by atomic mass is 10.1. The molecule has 0 atom stereocenters. The maximum absolute atomic E-state index is 13.4. The van der Waals surface area contributed by atoms with Gasteiger partial charge in [-0.1, -0.05) is 42.5 Å². The molecule has 5 heteroatoms. The standard InChI is InChI=1S/C21H21FN2OS/c1-15(2)24(13-16-7-4-3-5-8-16)20(25)12-19-14-26-21(23-19)17-9-6-10-18(22)11-17/h3-11,14-15H,12-13H2,1-2H3. The number of carbonyl (C=O) groups is 1. The molecular formula is C21H21FN2OS. The zero-order chi connectivity index (χ0) is 18.5. The van der Waals surface area contributed by atoms with E-state index in [4.69, 9.17) is 0 Å². The predicted octanol–water partition coefficient (Wildman–Crippen LogP) is 4.93. The van der Waals surface area contributed by atoms with E-state index in [0.29, 0.717) is 6.54 Å². The first-order valence-corrected chi connectivity index (χ1v) is 9.44. The Morgan fingerprint density at radius 3 is 2.62 bits per heavy atom. The van der Waals surface area contributed by atoms with Crippen LogP contribution in [0.4, 0.5) is 4.39 Å². The van der Waals surface area contributed by atoms with Gasteiger partial charge in [0.05, 0.1) is 12.1 Å². The maximum Gasteiger partial charge on any atom is 0.229 e. The van der Waals surface area contributed by atoms with E-state index in [0.717, 1.165) is 21.8 Å². The van der Waals surface area contributed by atoms with E-state index in [1.807, 2.05) is 60.5 Å². The van der Waals surface area contributed by atoms with E-state index >= 15 is 0 Å². The number of amides is 1. The molecule has 0 radical (unpaired) electrons. The second kappa shape index (κ2) is 8.23. The second-order valence-electron chi connectivity index (χ2n) is 6.43. The first-order valence-electron chi connectivity index (χ1n) is 8.56. The van der Waals surface area contributed by atoms with Crippen molar-refractivity contribution < 1.29 is 9.18 Å². The third-order valence-corrected chi connectivity index (χ3v) is 5.04. The molecule has 0 saturated carbocycles. The smallest absolute Gasteiger partial charge is 0.229 e. The minimum Gasteiger partial charge on any atom is -0.336 e. The molecule has 0 spiro atoms. The molecule has 134 valence electrons. The van der Waals surface area contributed by atoms with Gasteiger partial charge in [-0.05, 0) is 31.5 Å². The summed E-state index contributed by atoms with van der Waals surface area (Å²) in [5.74, 6) is -0.246. The Bertz CT molecular complexity index is 876. The molecule has 0 aliphatic heterocycles. The Labute approximate surface area is 157 Å². The number of aromatic nitrogens is 1. The Morgan fingerprint density at radius 2 is 1.92 bits per heavy atom. The first-order chi connectivity index (χ1) is 12.5. The lowest BCUT2D eigenvalue weighted by Gasteiger charge is -2.26. The van der Waals surface area contributed by atoms with Crippen LogP contribution >= 0.6 is 11.3 Å². The van der Waals surface area contributed by atoms with E-state index in [9.17, 15) is 9.18 Å². The molecule has 3 rings (SSSR count). The number of benzene rings is 2. The van der Waals surface area contributed by atoms with Crippen LogP contribution in [-0.4, -0.2) is 21.8 Å². The average Bonchev–Trinajstić information content (AvgIpc) is 3.08. The third-order valence-electron chi connectivity index (χ3n) is 4.10. The quantitative estimate of drug-likeness (QED) is 0.618. The van der Waals surface area contributed by atoms with Gasteiger partial charge in [-0.15, -0.1) is 11.3 Å². The Balaban J connectivity index is 1.72. The minimum atomic E-state index is -0.288. The number of halogens is 1.